The van der Waals surface area contributed by atoms with Gasteiger partial charge in [-0.1, -0.05) is 62.7 Å². The van der Waals surface area contributed by atoms with E-state index in [1.165, 1.54) is 11.1 Å². The zero-order chi connectivity index (χ0) is 18.7. The van der Waals surface area contributed by atoms with Gasteiger partial charge in [0.15, 0.2) is 4.80 Å². The Bertz CT molecular complexity index is 926. The van der Waals surface area contributed by atoms with Crippen LogP contribution in [-0.2, 0) is 12.0 Å². The molecule has 0 saturated carbocycles. The Balaban J connectivity index is 2.03. The van der Waals surface area contributed by atoms with Gasteiger partial charge in [0.25, 0.3) is 0 Å². The number of aliphatic hydroxyl groups is 1. The molecule has 3 aromatic rings. The molecule has 0 amide bonds. The Kier molecular flexibility index (Phi) is 5.44. The van der Waals surface area contributed by atoms with Crippen molar-refractivity contribution in [3.8, 4) is 11.3 Å². The van der Waals surface area contributed by atoms with Gasteiger partial charge in [-0.15, -0.1) is 11.3 Å². The first-order valence-corrected chi connectivity index (χ1v) is 9.78. The van der Waals surface area contributed by atoms with Gasteiger partial charge >= 0.3 is 0 Å². The second-order valence-corrected chi connectivity index (χ2v) is 8.39. The highest BCUT2D eigenvalue weighted by Crippen LogP contribution is 2.26. The van der Waals surface area contributed by atoms with Crippen molar-refractivity contribution < 1.29 is 5.11 Å². The Morgan fingerprint density at radius 3 is 2.23 bits per heavy atom. The quantitative estimate of drug-likeness (QED) is 0.689. The van der Waals surface area contributed by atoms with Crippen LogP contribution >= 0.6 is 11.3 Å². The first-order chi connectivity index (χ1) is 12.4. The summed E-state index contributed by atoms with van der Waals surface area (Å²) in [4.78, 5) is 5.67. The molecule has 0 saturated heterocycles. The largest absolute Gasteiger partial charge is 0.395 e. The summed E-state index contributed by atoms with van der Waals surface area (Å²) in [5.41, 5.74) is 5.84. The predicted octanol–water partition coefficient (Wildman–Crippen LogP) is 5.05. The molecule has 1 heterocycles. The summed E-state index contributed by atoms with van der Waals surface area (Å²) in [5.74, 6) is 0. The fraction of sp³-hybridized carbons (Fsp3) is 0.318. The molecule has 3 nitrogen and oxygen atoms in total. The Hall–Kier alpha value is -2.17. The zero-order valence-electron chi connectivity index (χ0n) is 15.9. The second kappa shape index (κ2) is 7.60. The van der Waals surface area contributed by atoms with Crippen LogP contribution in [0.15, 0.2) is 58.9 Å². The van der Waals surface area contributed by atoms with E-state index >= 15 is 0 Å². The van der Waals surface area contributed by atoms with Gasteiger partial charge in [0.05, 0.1) is 18.0 Å². The smallest absolute Gasteiger partial charge is 0.190 e. The monoisotopic (exact) mass is 366 g/mol. The molecule has 2 aromatic carbocycles. The minimum absolute atomic E-state index is 0.0882. The lowest BCUT2D eigenvalue weighted by molar-refractivity contribution is 0.275. The Labute approximate surface area is 159 Å². The summed E-state index contributed by atoms with van der Waals surface area (Å²) in [7, 11) is 0. The topological polar surface area (TPSA) is 37.5 Å². The van der Waals surface area contributed by atoms with E-state index in [2.05, 4.69) is 74.0 Å². The first-order valence-electron chi connectivity index (χ1n) is 8.90. The van der Waals surface area contributed by atoms with Gasteiger partial charge in [-0.25, -0.2) is 4.99 Å². The molecule has 0 aliphatic carbocycles. The van der Waals surface area contributed by atoms with Gasteiger partial charge in [0.1, 0.15) is 0 Å². The number of benzene rings is 2. The fourth-order valence-electron chi connectivity index (χ4n) is 2.84. The minimum atomic E-state index is 0.0882. The molecular formula is C22H26N2OS. The van der Waals surface area contributed by atoms with Crippen LogP contribution in [-0.4, -0.2) is 16.3 Å². The highest BCUT2D eigenvalue weighted by Gasteiger charge is 2.14. The molecule has 0 radical (unpaired) electrons. The molecule has 0 aliphatic heterocycles. The van der Waals surface area contributed by atoms with Crippen LogP contribution in [0.25, 0.3) is 11.3 Å². The van der Waals surface area contributed by atoms with Crippen molar-refractivity contribution in [2.24, 2.45) is 4.99 Å². The number of aryl methyl sites for hydroxylation is 1. The third-order valence-electron chi connectivity index (χ3n) is 4.43. The molecule has 0 unspecified atom stereocenters. The number of aromatic nitrogens is 1. The van der Waals surface area contributed by atoms with Gasteiger partial charge in [-0.2, -0.15) is 0 Å². The van der Waals surface area contributed by atoms with Crippen LogP contribution in [0.2, 0.25) is 0 Å². The summed E-state index contributed by atoms with van der Waals surface area (Å²) >= 11 is 1.60. The summed E-state index contributed by atoms with van der Waals surface area (Å²) in [6, 6.07) is 16.9. The lowest BCUT2D eigenvalue weighted by atomic mass is 9.86. The Morgan fingerprint density at radius 2 is 1.65 bits per heavy atom. The third-order valence-corrected chi connectivity index (χ3v) is 5.29. The van der Waals surface area contributed by atoms with Crippen LogP contribution in [0.4, 0.5) is 5.69 Å². The van der Waals surface area contributed by atoms with Crippen molar-refractivity contribution in [3.63, 3.8) is 0 Å². The first kappa shape index (κ1) is 18.6. The Morgan fingerprint density at radius 1 is 1.00 bits per heavy atom. The van der Waals surface area contributed by atoms with Gasteiger partial charge in [0, 0.05) is 11.9 Å². The maximum atomic E-state index is 9.53. The molecule has 136 valence electrons. The normalized spacial score (nSPS) is 12.6. The highest BCUT2D eigenvalue weighted by atomic mass is 32.1. The van der Waals surface area contributed by atoms with Gasteiger partial charge in [0.2, 0.25) is 0 Å². The van der Waals surface area contributed by atoms with Crippen molar-refractivity contribution in [2.75, 3.05) is 6.61 Å². The number of thiazole rings is 1. The summed E-state index contributed by atoms with van der Waals surface area (Å²) in [6.45, 7) is 9.35. The van der Waals surface area contributed by atoms with Crippen LogP contribution in [0.3, 0.4) is 0 Å². The molecule has 26 heavy (non-hydrogen) atoms. The van der Waals surface area contributed by atoms with Gasteiger partial charge in [-0.05, 0) is 35.6 Å². The number of hydrogen-bond donors (Lipinski definition) is 1. The van der Waals surface area contributed by atoms with Crippen LogP contribution < -0.4 is 4.80 Å². The van der Waals surface area contributed by atoms with E-state index in [1.807, 2.05) is 12.1 Å². The highest BCUT2D eigenvalue weighted by molar-refractivity contribution is 7.07. The number of rotatable bonds is 4. The lowest BCUT2D eigenvalue weighted by Gasteiger charge is -2.19. The molecule has 4 heteroatoms. The van der Waals surface area contributed by atoms with E-state index in [4.69, 9.17) is 4.99 Å². The summed E-state index contributed by atoms with van der Waals surface area (Å²) < 4.78 is 2.09. The van der Waals surface area contributed by atoms with Crippen molar-refractivity contribution >= 4 is 17.0 Å². The average Bonchev–Trinajstić information content (AvgIpc) is 2.99. The van der Waals surface area contributed by atoms with Crippen molar-refractivity contribution in [2.45, 2.75) is 39.7 Å². The third kappa shape index (κ3) is 4.14. The van der Waals surface area contributed by atoms with E-state index < -0.39 is 0 Å². The number of hydrogen-bond acceptors (Lipinski definition) is 3. The molecule has 1 N–H and O–H groups in total. The lowest BCUT2D eigenvalue weighted by Crippen LogP contribution is -2.18. The summed E-state index contributed by atoms with van der Waals surface area (Å²) in [5, 5.41) is 11.6. The number of aliphatic hydroxyl groups excluding tert-OH is 1. The molecule has 0 aliphatic rings. The average molecular weight is 367 g/mol. The zero-order valence-corrected chi connectivity index (χ0v) is 16.7. The van der Waals surface area contributed by atoms with Crippen molar-refractivity contribution in [3.05, 3.63) is 69.8 Å². The molecule has 0 spiro atoms. The van der Waals surface area contributed by atoms with Crippen LogP contribution in [0, 0.1) is 6.92 Å². The van der Waals surface area contributed by atoms with Gasteiger partial charge in [-0.3, -0.25) is 0 Å². The summed E-state index contributed by atoms with van der Waals surface area (Å²) in [6.07, 6.45) is 0. The minimum Gasteiger partial charge on any atom is -0.395 e. The van der Waals surface area contributed by atoms with Crippen LogP contribution in [0.5, 0.6) is 0 Å². The van der Waals surface area contributed by atoms with Gasteiger partial charge < -0.3 is 9.67 Å². The fourth-order valence-corrected chi connectivity index (χ4v) is 3.79. The van der Waals surface area contributed by atoms with Crippen LogP contribution in [0.1, 0.15) is 31.9 Å². The molecule has 0 atom stereocenters. The van der Waals surface area contributed by atoms with E-state index in [-0.39, 0.29) is 12.0 Å². The van der Waals surface area contributed by atoms with E-state index in [1.54, 1.807) is 11.3 Å². The maximum Gasteiger partial charge on any atom is 0.190 e. The maximum absolute atomic E-state index is 9.53. The van der Waals surface area contributed by atoms with Crippen molar-refractivity contribution in [1.29, 1.82) is 0 Å². The predicted molar refractivity (Wildman–Crippen MR) is 110 cm³/mol. The molecule has 0 bridgehead atoms. The van der Waals surface area contributed by atoms with E-state index in [9.17, 15) is 5.11 Å². The molecule has 0 fully saturated rings. The SMILES string of the molecule is Cc1ccc(N=c2scc(-c3ccc(C(C)(C)C)cc3)n2CCO)cc1. The standard InChI is InChI=1S/C22H26N2OS/c1-16-5-11-19(12-6-16)23-21-24(13-14-25)20(15-26-21)17-7-9-18(10-8-17)22(2,3)4/h5-12,15,25H,13-14H2,1-4H3. The molecule has 3 rings (SSSR count). The van der Waals surface area contributed by atoms with E-state index in [0.29, 0.717) is 6.54 Å². The second-order valence-electron chi connectivity index (χ2n) is 7.55. The molecule has 1 aromatic heterocycles. The molecular weight excluding hydrogens is 340 g/mol. The number of nitrogens with zero attached hydrogens (tertiary/aromatic N) is 2. The van der Waals surface area contributed by atoms with E-state index in [0.717, 1.165) is 21.7 Å². The van der Waals surface area contributed by atoms with Crippen molar-refractivity contribution in [1.82, 2.24) is 4.57 Å².